The summed E-state index contributed by atoms with van der Waals surface area (Å²) in [5.74, 6) is 0.108. The van der Waals surface area contributed by atoms with E-state index in [-0.39, 0.29) is 5.78 Å². The van der Waals surface area contributed by atoms with Crippen LogP contribution in [0.4, 0.5) is 0 Å². The van der Waals surface area contributed by atoms with Gasteiger partial charge in [0.05, 0.1) is 11.3 Å². The fourth-order valence-corrected chi connectivity index (χ4v) is 4.44. The van der Waals surface area contributed by atoms with Gasteiger partial charge in [0.2, 0.25) is 0 Å². The predicted octanol–water partition coefficient (Wildman–Crippen LogP) is 4.98. The molecule has 0 bridgehead atoms. The van der Waals surface area contributed by atoms with E-state index in [9.17, 15) is 4.79 Å². The van der Waals surface area contributed by atoms with Crippen LogP contribution in [-0.4, -0.2) is 34.1 Å². The molecule has 3 aromatic rings. The first-order valence-electron chi connectivity index (χ1n) is 10.3. The summed E-state index contributed by atoms with van der Waals surface area (Å²) in [6.07, 6.45) is 0. The molecule has 0 aliphatic heterocycles. The van der Waals surface area contributed by atoms with Crippen LogP contribution in [0.3, 0.4) is 0 Å². The molecule has 4 rings (SSSR count). The first-order chi connectivity index (χ1) is 13.8. The first-order valence-corrected chi connectivity index (χ1v) is 10.3. The van der Waals surface area contributed by atoms with Gasteiger partial charge in [0.25, 0.3) is 0 Å². The van der Waals surface area contributed by atoms with Gasteiger partial charge in [-0.15, -0.1) is 0 Å². The van der Waals surface area contributed by atoms with Gasteiger partial charge in [-0.05, 0) is 69.1 Å². The third kappa shape index (κ3) is 2.85. The second-order valence-corrected chi connectivity index (χ2v) is 8.30. The molecular weight excluding hydrogens is 358 g/mol. The molecule has 0 radical (unpaired) electrons. The number of ketones is 1. The molecule has 0 atom stereocenters. The zero-order chi connectivity index (χ0) is 21.0. The number of carbonyl (C=O) groups is 1. The van der Waals surface area contributed by atoms with Crippen LogP contribution in [0.5, 0.6) is 0 Å². The van der Waals surface area contributed by atoms with Crippen molar-refractivity contribution in [2.24, 2.45) is 7.05 Å². The second-order valence-electron chi connectivity index (χ2n) is 8.30. The first kappa shape index (κ1) is 19.6. The Morgan fingerprint density at radius 3 is 2.07 bits per heavy atom. The highest BCUT2D eigenvalue weighted by molar-refractivity contribution is 6.25. The molecule has 4 heteroatoms. The van der Waals surface area contributed by atoms with E-state index >= 15 is 0 Å². The summed E-state index contributed by atoms with van der Waals surface area (Å²) in [5, 5.41) is 4.77. The van der Waals surface area contributed by atoms with Crippen molar-refractivity contribution in [1.29, 1.82) is 0 Å². The van der Waals surface area contributed by atoms with Crippen molar-refractivity contribution in [2.75, 3.05) is 13.6 Å². The van der Waals surface area contributed by atoms with Gasteiger partial charge in [0, 0.05) is 30.3 Å². The predicted molar refractivity (Wildman–Crippen MR) is 118 cm³/mol. The maximum Gasteiger partial charge on any atom is 0.198 e. The van der Waals surface area contributed by atoms with Gasteiger partial charge in [-0.2, -0.15) is 5.10 Å². The molecule has 0 spiro atoms. The summed E-state index contributed by atoms with van der Waals surface area (Å²) in [6.45, 7) is 12.5. The summed E-state index contributed by atoms with van der Waals surface area (Å²) in [6, 6.07) is 8.46. The van der Waals surface area contributed by atoms with E-state index in [0.717, 1.165) is 52.3 Å². The highest BCUT2D eigenvalue weighted by Gasteiger charge is 2.37. The lowest BCUT2D eigenvalue weighted by Gasteiger charge is -2.15. The largest absolute Gasteiger partial charge is 0.302 e. The number of hydrogen-bond donors (Lipinski definition) is 0. The summed E-state index contributed by atoms with van der Waals surface area (Å²) >= 11 is 0. The molecule has 0 N–H and O–H groups in total. The average molecular weight is 388 g/mol. The molecule has 2 aromatic carbocycles. The smallest absolute Gasteiger partial charge is 0.198 e. The molecular formula is C25H29N3O. The van der Waals surface area contributed by atoms with Crippen molar-refractivity contribution in [3.05, 3.63) is 63.2 Å². The van der Waals surface area contributed by atoms with E-state index < -0.39 is 0 Å². The van der Waals surface area contributed by atoms with Gasteiger partial charge < -0.3 is 4.90 Å². The van der Waals surface area contributed by atoms with Crippen LogP contribution in [-0.2, 0) is 13.6 Å². The van der Waals surface area contributed by atoms with E-state index in [1.54, 1.807) is 0 Å². The van der Waals surface area contributed by atoms with Crippen LogP contribution in [0.25, 0.3) is 22.5 Å². The Hall–Kier alpha value is -2.72. The Balaban J connectivity index is 1.85. The molecule has 0 fully saturated rings. The number of hydrogen-bond acceptors (Lipinski definition) is 3. The third-order valence-electron chi connectivity index (χ3n) is 6.65. The van der Waals surface area contributed by atoms with E-state index in [4.69, 9.17) is 5.10 Å². The number of carbonyl (C=O) groups excluding carboxylic acids is 1. The number of aryl methyl sites for hydroxylation is 1. The van der Waals surface area contributed by atoms with Gasteiger partial charge in [0.15, 0.2) is 5.78 Å². The van der Waals surface area contributed by atoms with Crippen LogP contribution in [0.1, 0.15) is 50.7 Å². The number of benzene rings is 2. The van der Waals surface area contributed by atoms with Gasteiger partial charge in [0.1, 0.15) is 5.69 Å². The lowest BCUT2D eigenvalue weighted by Crippen LogP contribution is -2.16. The molecule has 150 valence electrons. The molecule has 1 aliphatic carbocycles. The molecule has 0 saturated heterocycles. The minimum absolute atomic E-state index is 0.108. The maximum atomic E-state index is 13.5. The quantitative estimate of drug-likeness (QED) is 0.495. The van der Waals surface area contributed by atoms with Gasteiger partial charge >= 0.3 is 0 Å². The highest BCUT2D eigenvalue weighted by Crippen LogP contribution is 2.46. The van der Waals surface area contributed by atoms with Gasteiger partial charge in [-0.3, -0.25) is 9.48 Å². The molecule has 29 heavy (non-hydrogen) atoms. The van der Waals surface area contributed by atoms with E-state index in [0.29, 0.717) is 0 Å². The zero-order valence-corrected chi connectivity index (χ0v) is 18.5. The van der Waals surface area contributed by atoms with Crippen LogP contribution in [0, 0.1) is 27.7 Å². The van der Waals surface area contributed by atoms with E-state index in [1.807, 2.05) is 11.7 Å². The van der Waals surface area contributed by atoms with Crippen LogP contribution in [0.15, 0.2) is 24.3 Å². The molecule has 0 saturated carbocycles. The average Bonchev–Trinajstić information content (AvgIpc) is 3.21. The minimum atomic E-state index is 0.108. The summed E-state index contributed by atoms with van der Waals surface area (Å²) < 4.78 is 1.88. The molecule has 1 heterocycles. The number of aromatic nitrogens is 2. The fourth-order valence-electron chi connectivity index (χ4n) is 4.44. The van der Waals surface area contributed by atoms with E-state index in [2.05, 4.69) is 70.8 Å². The van der Waals surface area contributed by atoms with Crippen molar-refractivity contribution in [2.45, 2.75) is 41.2 Å². The standard InChI is InChI=1S/C25H29N3O/c1-8-27(6)13-18-9-11-19(12-10-18)23-22-24(28(7)26-23)20-16(4)14(2)15(3)17(5)21(20)25(22)29/h9-12H,8,13H2,1-7H3. The third-order valence-corrected chi connectivity index (χ3v) is 6.65. The van der Waals surface area contributed by atoms with Crippen molar-refractivity contribution >= 4 is 5.78 Å². The number of nitrogens with zero attached hydrogens (tertiary/aromatic N) is 3. The summed E-state index contributed by atoms with van der Waals surface area (Å²) in [4.78, 5) is 15.8. The summed E-state index contributed by atoms with van der Waals surface area (Å²) in [5.41, 5.74) is 11.4. The number of fused-ring (bicyclic) bond motifs is 3. The van der Waals surface area contributed by atoms with Crippen LogP contribution >= 0.6 is 0 Å². The minimum Gasteiger partial charge on any atom is -0.302 e. The topological polar surface area (TPSA) is 38.1 Å². The van der Waals surface area contributed by atoms with Crippen molar-refractivity contribution in [3.63, 3.8) is 0 Å². The van der Waals surface area contributed by atoms with Crippen molar-refractivity contribution in [3.8, 4) is 22.5 Å². The second kappa shape index (κ2) is 6.96. The Morgan fingerprint density at radius 1 is 0.897 bits per heavy atom. The van der Waals surface area contributed by atoms with Gasteiger partial charge in [-0.25, -0.2) is 0 Å². The van der Waals surface area contributed by atoms with Crippen molar-refractivity contribution in [1.82, 2.24) is 14.7 Å². The summed E-state index contributed by atoms with van der Waals surface area (Å²) in [7, 11) is 4.06. The van der Waals surface area contributed by atoms with Crippen LogP contribution < -0.4 is 0 Å². The Morgan fingerprint density at radius 2 is 1.48 bits per heavy atom. The highest BCUT2D eigenvalue weighted by atomic mass is 16.1. The van der Waals surface area contributed by atoms with E-state index in [1.165, 1.54) is 22.3 Å². The zero-order valence-electron chi connectivity index (χ0n) is 18.5. The van der Waals surface area contributed by atoms with Crippen LogP contribution in [0.2, 0.25) is 0 Å². The Bertz CT molecular complexity index is 1140. The maximum absolute atomic E-state index is 13.5. The molecule has 0 unspecified atom stereocenters. The molecule has 4 nitrogen and oxygen atoms in total. The monoisotopic (exact) mass is 387 g/mol. The SMILES string of the molecule is CCN(C)Cc1ccc(-c2nn(C)c3c2C(=O)c2c(C)c(C)c(C)c(C)c2-3)cc1. The molecule has 1 aromatic heterocycles. The fraction of sp³-hybridized carbons (Fsp3) is 0.360. The number of rotatable bonds is 4. The Kier molecular flexibility index (Phi) is 4.70. The van der Waals surface area contributed by atoms with Gasteiger partial charge in [-0.1, -0.05) is 31.2 Å². The molecule has 0 amide bonds. The van der Waals surface area contributed by atoms with Crippen molar-refractivity contribution < 1.29 is 4.79 Å². The lowest BCUT2D eigenvalue weighted by molar-refractivity contribution is 0.104. The normalized spacial score (nSPS) is 12.6. The Labute approximate surface area is 173 Å². The molecule has 1 aliphatic rings. The lowest BCUT2D eigenvalue weighted by atomic mass is 9.89.